The summed E-state index contributed by atoms with van der Waals surface area (Å²) in [7, 11) is -5.05. The topological polar surface area (TPSA) is 266 Å². The Hall–Kier alpha value is -3.73. The number of non-ortho nitro benzene ring substituents is 1. The van der Waals surface area contributed by atoms with Crippen LogP contribution in [0.15, 0.2) is 34.8 Å². The van der Waals surface area contributed by atoms with Crippen LogP contribution in [0.3, 0.4) is 0 Å². The normalized spacial score (nSPS) is 16.2. The maximum Gasteiger partial charge on any atom is 1.00 e. The zero-order valence-electron chi connectivity index (χ0n) is 26.1. The van der Waals surface area contributed by atoms with Crippen LogP contribution in [0, 0.1) is 10.1 Å². The van der Waals surface area contributed by atoms with Crippen LogP contribution >= 0.6 is 22.9 Å². The Kier molecular flexibility index (Phi) is 13.8. The van der Waals surface area contributed by atoms with Gasteiger partial charge in [-0.2, -0.15) is 8.42 Å². The third kappa shape index (κ3) is 10.4. The number of alkyl halides is 1. The van der Waals surface area contributed by atoms with Crippen LogP contribution in [0.2, 0.25) is 0 Å². The number of anilines is 1. The molecule has 23 heteroatoms. The van der Waals surface area contributed by atoms with E-state index in [2.05, 4.69) is 26.1 Å². The fraction of sp³-hybridized carbons (Fsp3) is 0.375. The first-order valence-corrected chi connectivity index (χ1v) is 15.6. The SMILES string of the molecule is CC(=O)NCC1C(NC(=O)/C(=N\OC(C)(C)C(=O)OCc2ccc([N+](=O)[O-])cc2)c2csc(NC(=O)CCl)n2)C(=O)N1S(=O)(=O)O.[H-].[Na+]. The van der Waals surface area contributed by atoms with E-state index in [0.29, 0.717) is 5.56 Å². The Balaban J connectivity index is 0.00000576. The van der Waals surface area contributed by atoms with Gasteiger partial charge < -0.3 is 27.0 Å². The maximum absolute atomic E-state index is 13.4. The van der Waals surface area contributed by atoms with Crippen LogP contribution < -0.4 is 45.5 Å². The first-order valence-electron chi connectivity index (χ1n) is 12.8. The number of ether oxygens (including phenoxy) is 1. The molecule has 1 aromatic carbocycles. The van der Waals surface area contributed by atoms with Crippen molar-refractivity contribution in [2.75, 3.05) is 17.7 Å². The van der Waals surface area contributed by atoms with Crippen molar-refractivity contribution in [3.8, 4) is 0 Å². The molecule has 0 saturated carbocycles. The summed E-state index contributed by atoms with van der Waals surface area (Å²) in [5, 5.41) is 22.8. The van der Waals surface area contributed by atoms with E-state index >= 15 is 0 Å². The minimum atomic E-state index is -5.05. The van der Waals surface area contributed by atoms with Gasteiger partial charge in [-0.1, -0.05) is 5.16 Å². The molecular formula is C24H27ClN7NaO12S2. The zero-order valence-corrected chi connectivity index (χ0v) is 29.5. The number of hydrogen-bond donors (Lipinski definition) is 4. The summed E-state index contributed by atoms with van der Waals surface area (Å²) in [6.07, 6.45) is 0. The van der Waals surface area contributed by atoms with E-state index < -0.39 is 80.6 Å². The van der Waals surface area contributed by atoms with Gasteiger partial charge in [0.25, 0.3) is 17.5 Å². The van der Waals surface area contributed by atoms with Crippen LogP contribution in [0.1, 0.15) is 33.5 Å². The Morgan fingerprint density at radius 3 is 2.45 bits per heavy atom. The maximum atomic E-state index is 13.4. The number of benzene rings is 1. The average molecular weight is 728 g/mol. The van der Waals surface area contributed by atoms with Crippen LogP contribution in [-0.4, -0.2) is 92.6 Å². The second-order valence-electron chi connectivity index (χ2n) is 9.83. The van der Waals surface area contributed by atoms with Crippen molar-refractivity contribution in [1.82, 2.24) is 19.9 Å². The Labute approximate surface area is 299 Å². The largest absolute Gasteiger partial charge is 1.00 e. The Morgan fingerprint density at radius 1 is 1.26 bits per heavy atom. The molecule has 2 atom stereocenters. The van der Waals surface area contributed by atoms with E-state index in [4.69, 9.17) is 21.2 Å². The number of rotatable bonds is 14. The number of β-lactam (4-membered cyclic amide) rings is 1. The van der Waals surface area contributed by atoms with Gasteiger partial charge in [0, 0.05) is 31.0 Å². The number of aromatic nitrogens is 1. The summed E-state index contributed by atoms with van der Waals surface area (Å²) in [6, 6.07) is 2.22. The fourth-order valence-corrected chi connectivity index (χ4v) is 5.31. The molecule has 19 nitrogen and oxygen atoms in total. The van der Waals surface area contributed by atoms with Crippen molar-refractivity contribution in [2.24, 2.45) is 5.16 Å². The summed E-state index contributed by atoms with van der Waals surface area (Å²) >= 11 is 6.35. The number of nitro groups is 1. The van der Waals surface area contributed by atoms with Gasteiger partial charge in [-0.15, -0.1) is 22.9 Å². The van der Waals surface area contributed by atoms with Gasteiger partial charge in [0.15, 0.2) is 10.8 Å². The quantitative estimate of drug-likeness (QED) is 0.0225. The van der Waals surface area contributed by atoms with Crippen molar-refractivity contribution >= 4 is 79.4 Å². The third-order valence-electron chi connectivity index (χ3n) is 5.97. The van der Waals surface area contributed by atoms with E-state index in [9.17, 15) is 47.1 Å². The van der Waals surface area contributed by atoms with E-state index in [1.807, 2.05) is 0 Å². The summed E-state index contributed by atoms with van der Waals surface area (Å²) in [5.74, 6) is -4.96. The van der Waals surface area contributed by atoms with Crippen LogP contribution in [0.25, 0.3) is 0 Å². The van der Waals surface area contributed by atoms with Crippen LogP contribution in [0.5, 0.6) is 0 Å². The molecule has 250 valence electrons. The first-order chi connectivity index (χ1) is 21.4. The third-order valence-corrected chi connectivity index (χ3v) is 7.92. The number of nitro benzene ring substituents is 1. The minimum Gasteiger partial charge on any atom is -1.00 e. The number of nitrogens with one attached hydrogen (secondary N) is 3. The van der Waals surface area contributed by atoms with Gasteiger partial charge >= 0.3 is 45.8 Å². The minimum absolute atomic E-state index is 0. The van der Waals surface area contributed by atoms with Gasteiger partial charge in [0.05, 0.1) is 11.0 Å². The summed E-state index contributed by atoms with van der Waals surface area (Å²) in [6.45, 7) is 2.86. The monoisotopic (exact) mass is 727 g/mol. The van der Waals surface area contributed by atoms with Crippen LogP contribution in [-0.2, 0) is 50.5 Å². The molecule has 4 amide bonds. The molecule has 1 aliphatic heterocycles. The van der Waals surface area contributed by atoms with Gasteiger partial charge in [-0.25, -0.2) is 14.1 Å². The van der Waals surface area contributed by atoms with E-state index in [0.717, 1.165) is 18.3 Å². The number of oxime groups is 1. The molecule has 0 spiro atoms. The zero-order chi connectivity index (χ0) is 34.4. The molecule has 1 saturated heterocycles. The second-order valence-corrected chi connectivity index (χ2v) is 12.2. The molecule has 2 aromatic rings. The molecule has 1 aromatic heterocycles. The van der Waals surface area contributed by atoms with E-state index in [1.165, 1.54) is 43.5 Å². The molecule has 47 heavy (non-hydrogen) atoms. The first kappa shape index (κ1) is 39.4. The number of hydrogen-bond acceptors (Lipinski definition) is 14. The van der Waals surface area contributed by atoms with Gasteiger partial charge in [-0.05, 0) is 31.5 Å². The molecule has 4 N–H and O–H groups in total. The Bertz CT molecular complexity index is 1690. The van der Waals surface area contributed by atoms with Crippen molar-refractivity contribution in [2.45, 2.75) is 45.1 Å². The van der Waals surface area contributed by atoms with E-state index in [1.54, 1.807) is 0 Å². The molecule has 1 aliphatic rings. The molecule has 0 bridgehead atoms. The number of halogens is 1. The molecule has 1 fully saturated rings. The van der Waals surface area contributed by atoms with Crippen molar-refractivity contribution in [1.29, 1.82) is 0 Å². The Morgan fingerprint density at radius 2 is 1.89 bits per heavy atom. The van der Waals surface area contributed by atoms with Crippen molar-refractivity contribution in [3.63, 3.8) is 0 Å². The van der Waals surface area contributed by atoms with Gasteiger partial charge in [0.1, 0.15) is 24.2 Å². The molecule has 2 heterocycles. The predicted molar refractivity (Wildman–Crippen MR) is 160 cm³/mol. The number of amides is 4. The standard InChI is InChI=1S/C24H26ClN7O12S2.Na.H/c1-12(33)26-9-16-19(21(36)31(16)46(40,41)42)29-20(35)18(15-11-45-23(27-15)28-17(34)8-25)30-44-24(2,3)22(37)43-10-13-4-6-14(7-5-13)32(38)39;;/h4-7,11,16,19H,8-10H2,1-3H3,(H,26,33)(H,29,35)(H,27,28,34)(H,40,41,42);;/q;+1;-1/b30-18-;;. The number of nitrogens with zero attached hydrogens (tertiary/aromatic N) is 4. The van der Waals surface area contributed by atoms with Gasteiger partial charge in [0.2, 0.25) is 17.4 Å². The van der Waals surface area contributed by atoms with Crippen LogP contribution in [0.4, 0.5) is 10.8 Å². The average Bonchev–Trinajstić information content (AvgIpc) is 3.43. The fourth-order valence-electron chi connectivity index (χ4n) is 3.65. The molecule has 3 rings (SSSR count). The van der Waals surface area contributed by atoms with E-state index in [-0.39, 0.29) is 58.4 Å². The summed E-state index contributed by atoms with van der Waals surface area (Å²) in [4.78, 5) is 81.5. The summed E-state index contributed by atoms with van der Waals surface area (Å²) in [5.41, 5.74) is -2.43. The molecule has 0 radical (unpaired) electrons. The molecule has 0 aliphatic carbocycles. The number of carbonyl (C=O) groups excluding carboxylic acids is 5. The summed E-state index contributed by atoms with van der Waals surface area (Å²) < 4.78 is 38.2. The second kappa shape index (κ2) is 16.4. The number of thiazole rings is 1. The number of esters is 1. The predicted octanol–water partition coefficient (Wildman–Crippen LogP) is -2.78. The number of carbonyl (C=O) groups is 5. The van der Waals surface area contributed by atoms with Crippen molar-refractivity contribution < 1.29 is 82.4 Å². The van der Waals surface area contributed by atoms with Gasteiger partial charge in [-0.3, -0.25) is 33.8 Å². The smallest absolute Gasteiger partial charge is 1.00 e. The van der Waals surface area contributed by atoms with Crippen molar-refractivity contribution in [3.05, 3.63) is 51.0 Å². The molecular weight excluding hydrogens is 701 g/mol. The molecule has 2 unspecified atom stereocenters.